The summed E-state index contributed by atoms with van der Waals surface area (Å²) in [6.45, 7) is 2.07. The molecule has 6 nitrogen and oxygen atoms in total. The van der Waals surface area contributed by atoms with Crippen LogP contribution >= 0.6 is 58.8 Å². The third-order valence-corrected chi connectivity index (χ3v) is 7.13. The molecule has 0 aromatic rings. The average molecular weight is 435 g/mol. The third kappa shape index (κ3) is 20.7. The minimum atomic E-state index is 0.0566. The van der Waals surface area contributed by atoms with Crippen LogP contribution in [0.25, 0.3) is 0 Å². The second kappa shape index (κ2) is 21.7. The number of carbonyl (C=O) groups excluding carboxylic acids is 1. The molecule has 24 heavy (non-hydrogen) atoms. The van der Waals surface area contributed by atoms with Gasteiger partial charge < -0.3 is 15.3 Å². The number of aliphatic hydroxyl groups is 1. The lowest BCUT2D eigenvalue weighted by molar-refractivity contribution is -0.210. The van der Waals surface area contributed by atoms with Gasteiger partial charge in [-0.1, -0.05) is 11.8 Å². The highest BCUT2D eigenvalue weighted by Crippen LogP contribution is 2.12. The summed E-state index contributed by atoms with van der Waals surface area (Å²) in [4.78, 5) is 25.1. The maximum atomic E-state index is 11.3. The Balaban J connectivity index is 3.14. The van der Waals surface area contributed by atoms with Gasteiger partial charge in [-0.2, -0.15) is 28.4 Å². The van der Waals surface area contributed by atoms with Crippen molar-refractivity contribution in [3.05, 3.63) is 0 Å². The van der Waals surface area contributed by atoms with E-state index in [9.17, 15) is 4.79 Å². The second-order valence-electron chi connectivity index (χ2n) is 3.97. The van der Waals surface area contributed by atoms with Crippen LogP contribution < -0.4 is 5.32 Å². The van der Waals surface area contributed by atoms with Crippen molar-refractivity contribution < 1.29 is 19.7 Å². The molecular formula is C13H26N2O4S5. The number of aliphatic imine (C=N–C) groups is 1. The van der Waals surface area contributed by atoms with Gasteiger partial charge in [-0.3, -0.25) is 9.79 Å². The molecule has 0 saturated heterocycles. The standard InChI is InChI=1S/C13H26N2O4S5/c1-20-11-24-13(17)15-3-7-23-12-22-6-2-14-10-19-18-5-9-21-8-4-16/h10,16H,2-9,11-12H2,1H3,(H,15,17). The smallest absolute Gasteiger partial charge is 0.279 e. The first-order chi connectivity index (χ1) is 11.8. The minimum Gasteiger partial charge on any atom is -0.396 e. The maximum Gasteiger partial charge on any atom is 0.279 e. The fraction of sp³-hybridized carbons (Fsp3) is 0.846. The van der Waals surface area contributed by atoms with E-state index in [4.69, 9.17) is 14.9 Å². The number of thioether (sulfide) groups is 5. The van der Waals surface area contributed by atoms with E-state index in [1.807, 2.05) is 18.0 Å². The molecule has 0 bridgehead atoms. The van der Waals surface area contributed by atoms with Crippen LogP contribution in [-0.2, 0) is 9.78 Å². The van der Waals surface area contributed by atoms with Crippen LogP contribution in [0.3, 0.4) is 0 Å². The Kier molecular flexibility index (Phi) is 22.2. The van der Waals surface area contributed by atoms with Crippen molar-refractivity contribution in [2.75, 3.05) is 65.7 Å². The zero-order valence-corrected chi connectivity index (χ0v) is 17.9. The minimum absolute atomic E-state index is 0.0566. The Hall–Kier alpha value is 0.610. The number of hydrogen-bond acceptors (Lipinski definition) is 10. The Bertz CT molecular complexity index is 314. The monoisotopic (exact) mass is 434 g/mol. The molecule has 0 aliphatic heterocycles. The zero-order chi connectivity index (χ0) is 17.7. The highest BCUT2D eigenvalue weighted by molar-refractivity contribution is 8.23. The Morgan fingerprint density at radius 3 is 2.79 bits per heavy atom. The lowest BCUT2D eigenvalue weighted by atomic mass is 10.8. The summed E-state index contributed by atoms with van der Waals surface area (Å²) in [5, 5.41) is 13.3. The fourth-order valence-corrected chi connectivity index (χ4v) is 4.62. The summed E-state index contributed by atoms with van der Waals surface area (Å²) in [5.41, 5.74) is 0. The van der Waals surface area contributed by atoms with E-state index in [0.29, 0.717) is 19.7 Å². The van der Waals surface area contributed by atoms with Gasteiger partial charge in [0, 0.05) is 39.7 Å². The van der Waals surface area contributed by atoms with Crippen molar-refractivity contribution in [2.24, 2.45) is 4.99 Å². The number of carbonyl (C=O) groups is 1. The number of nitrogens with one attached hydrogen (secondary N) is 1. The first-order valence-electron chi connectivity index (χ1n) is 7.31. The second-order valence-corrected chi connectivity index (χ2v) is 9.95. The van der Waals surface area contributed by atoms with Crippen LogP contribution in [0.2, 0.25) is 0 Å². The molecule has 11 heteroatoms. The van der Waals surface area contributed by atoms with Gasteiger partial charge in [-0.15, -0.1) is 23.5 Å². The third-order valence-electron chi connectivity index (χ3n) is 2.09. The van der Waals surface area contributed by atoms with E-state index >= 15 is 0 Å². The Morgan fingerprint density at radius 1 is 1.17 bits per heavy atom. The Morgan fingerprint density at radius 2 is 2.00 bits per heavy atom. The molecule has 0 radical (unpaired) electrons. The molecule has 0 unspecified atom stereocenters. The first kappa shape index (κ1) is 24.6. The predicted molar refractivity (Wildman–Crippen MR) is 114 cm³/mol. The van der Waals surface area contributed by atoms with E-state index in [1.165, 1.54) is 18.2 Å². The summed E-state index contributed by atoms with van der Waals surface area (Å²) in [5.74, 6) is 3.36. The van der Waals surface area contributed by atoms with Gasteiger partial charge >= 0.3 is 0 Å². The van der Waals surface area contributed by atoms with Crippen LogP contribution in [0.15, 0.2) is 4.99 Å². The van der Waals surface area contributed by atoms with Crippen molar-refractivity contribution in [3.8, 4) is 0 Å². The van der Waals surface area contributed by atoms with Crippen LogP contribution in [0.5, 0.6) is 0 Å². The molecule has 0 aliphatic rings. The molecule has 0 saturated carbocycles. The van der Waals surface area contributed by atoms with Crippen LogP contribution in [0.4, 0.5) is 4.79 Å². The number of hydrogen-bond donors (Lipinski definition) is 2. The van der Waals surface area contributed by atoms with Crippen LogP contribution in [0, 0.1) is 0 Å². The first-order valence-corrected chi connectivity index (χ1v) is 13.2. The van der Waals surface area contributed by atoms with Gasteiger partial charge in [0.2, 0.25) is 6.40 Å². The number of aliphatic hydroxyl groups excluding tert-OH is 1. The van der Waals surface area contributed by atoms with Gasteiger partial charge in [0.15, 0.2) is 0 Å². The summed E-state index contributed by atoms with van der Waals surface area (Å²) in [6, 6.07) is 0. The van der Waals surface area contributed by atoms with E-state index in [0.717, 1.165) is 33.2 Å². The molecule has 142 valence electrons. The summed E-state index contributed by atoms with van der Waals surface area (Å²) in [6.07, 6.45) is 3.31. The van der Waals surface area contributed by atoms with Gasteiger partial charge in [0.1, 0.15) is 6.61 Å². The van der Waals surface area contributed by atoms with E-state index < -0.39 is 0 Å². The summed E-state index contributed by atoms with van der Waals surface area (Å²) < 4.78 is 0. The average Bonchev–Trinajstić information content (AvgIpc) is 2.59. The lowest BCUT2D eigenvalue weighted by Gasteiger charge is -2.04. The van der Waals surface area contributed by atoms with Gasteiger partial charge in [0.25, 0.3) is 5.24 Å². The maximum absolute atomic E-state index is 11.3. The highest BCUT2D eigenvalue weighted by atomic mass is 32.2. The van der Waals surface area contributed by atoms with Crippen molar-refractivity contribution in [3.63, 3.8) is 0 Å². The molecule has 0 spiro atoms. The lowest BCUT2D eigenvalue weighted by Crippen LogP contribution is -2.21. The van der Waals surface area contributed by atoms with Crippen LogP contribution in [0.1, 0.15) is 0 Å². The molecule has 0 aromatic heterocycles. The normalized spacial score (nSPS) is 11.1. The quantitative estimate of drug-likeness (QED) is 0.0897. The number of nitrogens with zero attached hydrogens (tertiary/aromatic N) is 1. The van der Waals surface area contributed by atoms with E-state index in [1.54, 1.807) is 35.3 Å². The van der Waals surface area contributed by atoms with Crippen molar-refractivity contribution in [1.82, 2.24) is 5.32 Å². The van der Waals surface area contributed by atoms with Crippen LogP contribution in [-0.4, -0.2) is 82.5 Å². The molecule has 0 aliphatic carbocycles. The molecule has 1 amide bonds. The van der Waals surface area contributed by atoms with Gasteiger partial charge in [-0.25, -0.2) is 0 Å². The van der Waals surface area contributed by atoms with E-state index in [-0.39, 0.29) is 11.8 Å². The molecule has 0 rings (SSSR count). The zero-order valence-electron chi connectivity index (χ0n) is 13.8. The summed E-state index contributed by atoms with van der Waals surface area (Å²) in [7, 11) is 0. The summed E-state index contributed by atoms with van der Waals surface area (Å²) >= 11 is 8.19. The number of rotatable bonds is 17. The molecule has 0 fully saturated rings. The topological polar surface area (TPSA) is 80.2 Å². The largest absolute Gasteiger partial charge is 0.396 e. The van der Waals surface area contributed by atoms with Crippen molar-refractivity contribution in [1.29, 1.82) is 0 Å². The SMILES string of the molecule is CSCSC(=O)NCCSCSCCN=COOCCSCCO. The van der Waals surface area contributed by atoms with Crippen molar-refractivity contribution >= 4 is 70.4 Å². The molecule has 2 N–H and O–H groups in total. The Labute approximate surface area is 165 Å². The highest BCUT2D eigenvalue weighted by Gasteiger charge is 1.99. The molecule has 0 atom stereocenters. The van der Waals surface area contributed by atoms with Gasteiger partial charge in [-0.05, 0) is 6.26 Å². The molecule has 0 heterocycles. The number of amides is 1. The molecular weight excluding hydrogens is 408 g/mol. The van der Waals surface area contributed by atoms with E-state index in [2.05, 4.69) is 10.3 Å². The molecule has 0 aromatic carbocycles. The predicted octanol–water partition coefficient (Wildman–Crippen LogP) is 2.88. The van der Waals surface area contributed by atoms with Crippen molar-refractivity contribution in [2.45, 2.75) is 0 Å². The fourth-order valence-electron chi connectivity index (χ4n) is 1.10. The van der Waals surface area contributed by atoms with Gasteiger partial charge in [0.05, 0.1) is 13.2 Å².